The van der Waals surface area contributed by atoms with Gasteiger partial charge in [0.1, 0.15) is 12.2 Å². The number of halogens is 1. The fourth-order valence-corrected chi connectivity index (χ4v) is 4.23. The van der Waals surface area contributed by atoms with E-state index >= 15 is 0 Å². The second kappa shape index (κ2) is 8.52. The molecule has 0 aromatic heterocycles. The van der Waals surface area contributed by atoms with Crippen molar-refractivity contribution in [1.82, 2.24) is 0 Å². The minimum absolute atomic E-state index is 0.0198. The molecule has 0 aliphatic carbocycles. The topological polar surface area (TPSA) is 36.9 Å². The molecule has 150 valence electrons. The Morgan fingerprint density at radius 1 is 1.04 bits per heavy atom. The summed E-state index contributed by atoms with van der Waals surface area (Å²) in [5.41, 5.74) is 2.14. The Morgan fingerprint density at radius 3 is 2.54 bits per heavy atom. The van der Waals surface area contributed by atoms with Crippen LogP contribution in [0.4, 0.5) is 0 Å². The molecule has 0 amide bonds. The predicted octanol–water partition coefficient (Wildman–Crippen LogP) is 5.12. The van der Waals surface area contributed by atoms with E-state index in [1.54, 1.807) is 0 Å². The Kier molecular flexibility index (Phi) is 6.04. The van der Waals surface area contributed by atoms with Crippen LogP contribution in [0.2, 0.25) is 5.02 Å². The molecule has 4 rings (SSSR count). The Morgan fingerprint density at radius 2 is 1.79 bits per heavy atom. The second-order valence-electron chi connectivity index (χ2n) is 7.70. The minimum atomic E-state index is -0.786. The third-order valence-electron chi connectivity index (χ3n) is 5.35. The number of hydrogen-bond acceptors (Lipinski definition) is 4. The maximum atomic E-state index is 6.38. The van der Waals surface area contributed by atoms with Crippen molar-refractivity contribution in [2.45, 2.75) is 70.1 Å². The van der Waals surface area contributed by atoms with Crippen LogP contribution in [-0.4, -0.2) is 30.4 Å². The molecule has 0 bridgehead atoms. The first-order valence-corrected chi connectivity index (χ1v) is 10.4. The van der Waals surface area contributed by atoms with E-state index in [-0.39, 0.29) is 18.3 Å². The third-order valence-corrected chi connectivity index (χ3v) is 5.71. The van der Waals surface area contributed by atoms with Crippen molar-refractivity contribution in [3.8, 4) is 0 Å². The molecule has 4 nitrogen and oxygen atoms in total. The summed E-state index contributed by atoms with van der Waals surface area (Å²) in [7, 11) is 0. The van der Waals surface area contributed by atoms with Crippen LogP contribution in [0.1, 0.15) is 37.8 Å². The molecular formula is C23H27ClO4. The van der Waals surface area contributed by atoms with Gasteiger partial charge in [0.05, 0.1) is 12.7 Å². The molecule has 0 saturated carbocycles. The van der Waals surface area contributed by atoms with Crippen LogP contribution in [-0.2, 0) is 32.0 Å². The fraction of sp³-hybridized carbons (Fsp3) is 0.478. The van der Waals surface area contributed by atoms with Crippen LogP contribution in [0.3, 0.4) is 0 Å². The van der Waals surface area contributed by atoms with E-state index in [1.807, 2.05) is 49.4 Å². The van der Waals surface area contributed by atoms with Gasteiger partial charge in [-0.2, -0.15) is 0 Å². The van der Waals surface area contributed by atoms with Crippen molar-refractivity contribution in [2.75, 3.05) is 0 Å². The molecule has 0 N–H and O–H groups in total. The van der Waals surface area contributed by atoms with Gasteiger partial charge in [-0.3, -0.25) is 0 Å². The largest absolute Gasteiger partial charge is 0.368 e. The lowest BCUT2D eigenvalue weighted by Crippen LogP contribution is -2.38. The van der Waals surface area contributed by atoms with Crippen molar-refractivity contribution >= 4 is 11.6 Å². The Labute approximate surface area is 171 Å². The van der Waals surface area contributed by atoms with E-state index in [9.17, 15) is 0 Å². The van der Waals surface area contributed by atoms with Gasteiger partial charge in [0, 0.05) is 11.4 Å². The van der Waals surface area contributed by atoms with Gasteiger partial charge in [-0.25, -0.2) is 0 Å². The quantitative estimate of drug-likeness (QED) is 0.643. The number of benzene rings is 2. The van der Waals surface area contributed by atoms with Crippen LogP contribution in [0, 0.1) is 0 Å². The summed E-state index contributed by atoms with van der Waals surface area (Å²) in [6.07, 6.45) is 1.67. The maximum absolute atomic E-state index is 6.38. The Hall–Kier alpha value is -1.43. The number of rotatable bonds is 7. The summed E-state index contributed by atoms with van der Waals surface area (Å²) >= 11 is 6.33. The maximum Gasteiger partial charge on any atom is 0.190 e. The van der Waals surface area contributed by atoms with Crippen molar-refractivity contribution < 1.29 is 18.9 Å². The lowest BCUT2D eigenvalue weighted by molar-refractivity contribution is -0.228. The summed E-state index contributed by atoms with van der Waals surface area (Å²) in [5.74, 6) is -0.786. The Balaban J connectivity index is 1.46. The number of ether oxygens (including phenoxy) is 4. The summed E-state index contributed by atoms with van der Waals surface area (Å²) in [5, 5.41) is 0.717. The molecule has 0 radical (unpaired) electrons. The van der Waals surface area contributed by atoms with Gasteiger partial charge in [0.2, 0.25) is 0 Å². The molecule has 2 aliphatic rings. The van der Waals surface area contributed by atoms with Crippen LogP contribution in [0.25, 0.3) is 0 Å². The number of fused-ring (bicyclic) bond motifs is 1. The van der Waals surface area contributed by atoms with Gasteiger partial charge < -0.3 is 18.9 Å². The van der Waals surface area contributed by atoms with E-state index in [1.165, 1.54) is 0 Å². The minimum Gasteiger partial charge on any atom is -0.368 e. The molecule has 0 spiro atoms. The molecule has 2 aliphatic heterocycles. The molecule has 28 heavy (non-hydrogen) atoms. The molecular weight excluding hydrogens is 376 g/mol. The smallest absolute Gasteiger partial charge is 0.190 e. The van der Waals surface area contributed by atoms with E-state index in [2.05, 4.69) is 19.1 Å². The van der Waals surface area contributed by atoms with Gasteiger partial charge in [0.25, 0.3) is 0 Å². The van der Waals surface area contributed by atoms with E-state index < -0.39 is 12.1 Å². The lowest BCUT2D eigenvalue weighted by atomic mass is 10.1. The normalized spacial score (nSPS) is 31.8. The first-order chi connectivity index (χ1) is 13.6. The molecule has 2 saturated heterocycles. The van der Waals surface area contributed by atoms with Crippen LogP contribution < -0.4 is 0 Å². The lowest BCUT2D eigenvalue weighted by Gasteiger charge is -2.28. The third kappa shape index (κ3) is 4.27. The molecule has 5 heteroatoms. The fourth-order valence-electron chi connectivity index (χ4n) is 4.03. The van der Waals surface area contributed by atoms with E-state index in [4.69, 9.17) is 30.5 Å². The van der Waals surface area contributed by atoms with Crippen LogP contribution in [0.15, 0.2) is 54.6 Å². The van der Waals surface area contributed by atoms with Crippen LogP contribution >= 0.6 is 11.6 Å². The van der Waals surface area contributed by atoms with Crippen LogP contribution in [0.5, 0.6) is 0 Å². The molecule has 2 heterocycles. The molecule has 2 fully saturated rings. The van der Waals surface area contributed by atoms with E-state index in [0.717, 1.165) is 29.0 Å². The predicted molar refractivity (Wildman–Crippen MR) is 108 cm³/mol. The second-order valence-corrected chi connectivity index (χ2v) is 8.10. The molecule has 5 atom stereocenters. The molecule has 1 unspecified atom stereocenters. The van der Waals surface area contributed by atoms with Crippen molar-refractivity contribution in [2.24, 2.45) is 0 Å². The summed E-state index contributed by atoms with van der Waals surface area (Å²) < 4.78 is 25.1. The van der Waals surface area contributed by atoms with Crippen molar-refractivity contribution in [1.29, 1.82) is 0 Å². The highest BCUT2D eigenvalue weighted by Gasteiger charge is 2.56. The highest BCUT2D eigenvalue weighted by molar-refractivity contribution is 6.31. The zero-order chi connectivity index (χ0) is 19.6. The average Bonchev–Trinajstić information content (AvgIpc) is 3.16. The van der Waals surface area contributed by atoms with Gasteiger partial charge in [-0.05, 0) is 30.5 Å². The summed E-state index contributed by atoms with van der Waals surface area (Å²) in [6.45, 7) is 4.62. The standard InChI is InChI=1S/C23H27ClO4/c1-3-9-19-20(25-15-16-10-5-4-6-11-16)21-22(26-19)28-23(2,27-21)14-17-12-7-8-13-18(17)24/h4-8,10-13,19-22H,3,9,14-15H2,1-2H3/t19-,20+,21-,22-,23?/m1/s1. The summed E-state index contributed by atoms with van der Waals surface area (Å²) in [4.78, 5) is 0. The number of hydrogen-bond donors (Lipinski definition) is 0. The van der Waals surface area contributed by atoms with Gasteiger partial charge in [-0.15, -0.1) is 0 Å². The van der Waals surface area contributed by atoms with E-state index in [0.29, 0.717) is 13.0 Å². The van der Waals surface area contributed by atoms with Gasteiger partial charge in [0.15, 0.2) is 12.1 Å². The monoisotopic (exact) mass is 402 g/mol. The highest BCUT2D eigenvalue weighted by Crippen LogP contribution is 2.42. The van der Waals surface area contributed by atoms with Crippen molar-refractivity contribution in [3.63, 3.8) is 0 Å². The Bertz CT molecular complexity index is 783. The molecule has 2 aromatic rings. The van der Waals surface area contributed by atoms with Gasteiger partial charge >= 0.3 is 0 Å². The first-order valence-electron chi connectivity index (χ1n) is 9.98. The molecule has 2 aromatic carbocycles. The SMILES string of the molecule is CCC[C@H]1O[C@@H]2OC(C)(Cc3ccccc3Cl)O[C@@H]2[C@H]1OCc1ccccc1. The first kappa shape index (κ1) is 19.9. The highest BCUT2D eigenvalue weighted by atomic mass is 35.5. The zero-order valence-electron chi connectivity index (χ0n) is 16.3. The average molecular weight is 403 g/mol. The van der Waals surface area contributed by atoms with Gasteiger partial charge in [-0.1, -0.05) is 73.5 Å². The zero-order valence-corrected chi connectivity index (χ0v) is 17.1. The van der Waals surface area contributed by atoms with Crippen molar-refractivity contribution in [3.05, 3.63) is 70.7 Å². The summed E-state index contributed by atoms with van der Waals surface area (Å²) in [6, 6.07) is 18.0.